The Hall–Kier alpha value is -2.82. The van der Waals surface area contributed by atoms with Gasteiger partial charge in [-0.3, -0.25) is 20.4 Å². The Morgan fingerprint density at radius 2 is 1.58 bits per heavy atom. The predicted molar refractivity (Wildman–Crippen MR) is 105 cm³/mol. The number of hydrogen-bond acceptors (Lipinski definition) is 3. The predicted octanol–water partition coefficient (Wildman–Crippen LogP) is 3.47. The lowest BCUT2D eigenvalue weighted by Gasteiger charge is -2.19. The number of carbonyl (C=O) groups is 2. The molecule has 0 unspecified atom stereocenters. The third kappa shape index (κ3) is 5.34. The first-order valence-corrected chi connectivity index (χ1v) is 8.67. The standard InChI is InChI=1S/C21H27N3O2/c1-14-6-11-18(15(2)12-14)22-13-19(25)23-24-20(26)16-7-9-17(10-8-16)21(3,4)5/h6-12,22H,13H2,1-5H3,(H,23,25)(H,24,26). The van der Waals surface area contributed by atoms with Crippen LogP contribution in [0.25, 0.3) is 0 Å². The first kappa shape index (κ1) is 19.5. The van der Waals surface area contributed by atoms with E-state index in [1.165, 1.54) is 5.56 Å². The molecule has 2 amide bonds. The van der Waals surface area contributed by atoms with Gasteiger partial charge in [-0.15, -0.1) is 0 Å². The van der Waals surface area contributed by atoms with E-state index < -0.39 is 0 Å². The van der Waals surface area contributed by atoms with Crippen LogP contribution in [0.4, 0.5) is 5.69 Å². The van der Waals surface area contributed by atoms with Gasteiger partial charge < -0.3 is 5.32 Å². The molecule has 0 aliphatic heterocycles. The maximum atomic E-state index is 12.1. The summed E-state index contributed by atoms with van der Waals surface area (Å²) in [6.45, 7) is 10.4. The van der Waals surface area contributed by atoms with Crippen molar-refractivity contribution < 1.29 is 9.59 Å². The van der Waals surface area contributed by atoms with Crippen LogP contribution in [0.1, 0.15) is 47.8 Å². The minimum atomic E-state index is -0.342. The summed E-state index contributed by atoms with van der Waals surface area (Å²) in [6, 6.07) is 13.3. The maximum Gasteiger partial charge on any atom is 0.269 e. The molecule has 0 heterocycles. The highest BCUT2D eigenvalue weighted by Gasteiger charge is 2.14. The van der Waals surface area contributed by atoms with E-state index >= 15 is 0 Å². The third-order valence-corrected chi connectivity index (χ3v) is 4.15. The zero-order valence-corrected chi connectivity index (χ0v) is 16.1. The first-order chi connectivity index (χ1) is 12.2. The second-order valence-electron chi connectivity index (χ2n) is 7.50. The number of anilines is 1. The highest BCUT2D eigenvalue weighted by atomic mass is 16.2. The quantitative estimate of drug-likeness (QED) is 0.737. The molecular weight excluding hydrogens is 326 g/mol. The Kier molecular flexibility index (Phi) is 6.03. The van der Waals surface area contributed by atoms with Gasteiger partial charge in [-0.25, -0.2) is 0 Å². The van der Waals surface area contributed by atoms with Gasteiger partial charge in [0.25, 0.3) is 11.8 Å². The van der Waals surface area contributed by atoms with Crippen LogP contribution in [0.2, 0.25) is 0 Å². The van der Waals surface area contributed by atoms with E-state index in [4.69, 9.17) is 0 Å². The highest BCUT2D eigenvalue weighted by Crippen LogP contribution is 2.22. The van der Waals surface area contributed by atoms with Crippen molar-refractivity contribution in [1.82, 2.24) is 10.9 Å². The summed E-state index contributed by atoms with van der Waals surface area (Å²) in [5.74, 6) is -0.657. The van der Waals surface area contributed by atoms with Gasteiger partial charge in [0, 0.05) is 11.3 Å². The molecule has 138 valence electrons. The van der Waals surface area contributed by atoms with Crippen molar-refractivity contribution in [2.45, 2.75) is 40.0 Å². The van der Waals surface area contributed by atoms with Crippen molar-refractivity contribution in [3.05, 3.63) is 64.7 Å². The molecule has 0 bridgehead atoms. The molecule has 0 saturated carbocycles. The Labute approximate surface area is 155 Å². The Morgan fingerprint density at radius 1 is 0.923 bits per heavy atom. The van der Waals surface area contributed by atoms with Gasteiger partial charge >= 0.3 is 0 Å². The number of aryl methyl sites for hydroxylation is 2. The molecule has 0 aliphatic carbocycles. The second-order valence-corrected chi connectivity index (χ2v) is 7.50. The van der Waals surface area contributed by atoms with E-state index in [2.05, 4.69) is 36.9 Å². The number of hydrazine groups is 1. The molecule has 0 atom stereocenters. The largest absolute Gasteiger partial charge is 0.376 e. The monoisotopic (exact) mass is 353 g/mol. The highest BCUT2D eigenvalue weighted by molar-refractivity contribution is 5.95. The van der Waals surface area contributed by atoms with Crippen LogP contribution in [0, 0.1) is 13.8 Å². The lowest BCUT2D eigenvalue weighted by molar-refractivity contribution is -0.120. The molecule has 0 fully saturated rings. The molecule has 0 saturated heterocycles. The molecule has 2 rings (SSSR count). The molecule has 5 heteroatoms. The fraction of sp³-hybridized carbons (Fsp3) is 0.333. The van der Waals surface area contributed by atoms with Gasteiger partial charge in [-0.05, 0) is 48.6 Å². The lowest BCUT2D eigenvalue weighted by atomic mass is 9.87. The summed E-state index contributed by atoms with van der Waals surface area (Å²) in [5.41, 5.74) is 9.68. The fourth-order valence-electron chi connectivity index (χ4n) is 2.55. The molecule has 5 nitrogen and oxygen atoms in total. The minimum Gasteiger partial charge on any atom is -0.376 e. The van der Waals surface area contributed by atoms with Gasteiger partial charge in [0.15, 0.2) is 0 Å². The molecule has 26 heavy (non-hydrogen) atoms. The topological polar surface area (TPSA) is 70.2 Å². The first-order valence-electron chi connectivity index (χ1n) is 8.67. The van der Waals surface area contributed by atoms with Crippen molar-refractivity contribution in [3.8, 4) is 0 Å². The molecule has 2 aromatic rings. The summed E-state index contributed by atoms with van der Waals surface area (Å²) in [4.78, 5) is 24.1. The van der Waals surface area contributed by atoms with E-state index in [0.717, 1.165) is 16.8 Å². The second kappa shape index (κ2) is 8.04. The zero-order valence-electron chi connectivity index (χ0n) is 16.1. The van der Waals surface area contributed by atoms with E-state index in [9.17, 15) is 9.59 Å². The molecular formula is C21H27N3O2. The number of hydrogen-bond donors (Lipinski definition) is 3. The number of amides is 2. The van der Waals surface area contributed by atoms with Crippen molar-refractivity contribution in [2.75, 3.05) is 11.9 Å². The minimum absolute atomic E-state index is 0.0308. The van der Waals surface area contributed by atoms with Gasteiger partial charge in [-0.2, -0.15) is 0 Å². The van der Waals surface area contributed by atoms with Crippen molar-refractivity contribution in [2.24, 2.45) is 0 Å². The Morgan fingerprint density at radius 3 is 2.15 bits per heavy atom. The molecule has 2 aromatic carbocycles. The molecule has 0 aliphatic rings. The third-order valence-electron chi connectivity index (χ3n) is 4.15. The van der Waals surface area contributed by atoms with Crippen LogP contribution in [0.15, 0.2) is 42.5 Å². The smallest absolute Gasteiger partial charge is 0.269 e. The van der Waals surface area contributed by atoms with Crippen molar-refractivity contribution in [1.29, 1.82) is 0 Å². The summed E-state index contributed by atoms with van der Waals surface area (Å²) in [6.07, 6.45) is 0. The summed E-state index contributed by atoms with van der Waals surface area (Å²) in [7, 11) is 0. The van der Waals surface area contributed by atoms with Crippen LogP contribution < -0.4 is 16.2 Å². The van der Waals surface area contributed by atoms with Crippen LogP contribution >= 0.6 is 0 Å². The average molecular weight is 353 g/mol. The van der Waals surface area contributed by atoms with Crippen LogP contribution in [0.3, 0.4) is 0 Å². The Bertz CT molecular complexity index is 790. The SMILES string of the molecule is Cc1ccc(NCC(=O)NNC(=O)c2ccc(C(C)(C)C)cc2)c(C)c1. The normalized spacial score (nSPS) is 11.0. The van der Waals surface area contributed by atoms with E-state index in [1.54, 1.807) is 12.1 Å². The Balaban J connectivity index is 1.84. The zero-order chi connectivity index (χ0) is 19.3. The number of nitrogens with one attached hydrogen (secondary N) is 3. The number of rotatable bonds is 4. The maximum absolute atomic E-state index is 12.1. The molecule has 0 aromatic heterocycles. The van der Waals surface area contributed by atoms with Gasteiger partial charge in [-0.1, -0.05) is 50.6 Å². The van der Waals surface area contributed by atoms with Gasteiger partial charge in [0.1, 0.15) is 0 Å². The summed E-state index contributed by atoms with van der Waals surface area (Å²) in [5, 5.41) is 3.06. The molecule has 0 spiro atoms. The van der Waals surface area contributed by atoms with Crippen LogP contribution in [-0.2, 0) is 10.2 Å². The van der Waals surface area contributed by atoms with Crippen molar-refractivity contribution in [3.63, 3.8) is 0 Å². The summed E-state index contributed by atoms with van der Waals surface area (Å²) < 4.78 is 0. The summed E-state index contributed by atoms with van der Waals surface area (Å²) >= 11 is 0. The number of carbonyl (C=O) groups excluding carboxylic acids is 2. The molecule has 0 radical (unpaired) electrons. The number of benzene rings is 2. The lowest BCUT2D eigenvalue weighted by Crippen LogP contribution is -2.44. The van der Waals surface area contributed by atoms with Gasteiger partial charge in [0.2, 0.25) is 0 Å². The average Bonchev–Trinajstić information content (AvgIpc) is 2.58. The van der Waals surface area contributed by atoms with E-state index in [-0.39, 0.29) is 23.8 Å². The van der Waals surface area contributed by atoms with Crippen LogP contribution in [0.5, 0.6) is 0 Å². The van der Waals surface area contributed by atoms with Crippen LogP contribution in [-0.4, -0.2) is 18.4 Å². The van der Waals surface area contributed by atoms with Gasteiger partial charge in [0.05, 0.1) is 6.54 Å². The fourth-order valence-corrected chi connectivity index (χ4v) is 2.55. The van der Waals surface area contributed by atoms with Crippen molar-refractivity contribution >= 4 is 17.5 Å². The molecule has 3 N–H and O–H groups in total. The van der Waals surface area contributed by atoms with E-state index in [1.807, 2.05) is 44.2 Å². The van der Waals surface area contributed by atoms with E-state index in [0.29, 0.717) is 5.56 Å².